The maximum Gasteiger partial charge on any atom is 0.431 e. The van der Waals surface area contributed by atoms with Crippen molar-refractivity contribution < 1.29 is 22.6 Å². The topological polar surface area (TPSA) is 39.5 Å². The molecule has 0 saturated heterocycles. The van der Waals surface area contributed by atoms with Crippen LogP contribution in [0, 0.1) is 0 Å². The maximum absolute atomic E-state index is 14.0. The van der Waals surface area contributed by atoms with Gasteiger partial charge in [-0.3, -0.25) is 9.47 Å². The van der Waals surface area contributed by atoms with Crippen LogP contribution in [-0.4, -0.2) is 47.0 Å². The molecular weight excluding hydrogens is 403 g/mol. The van der Waals surface area contributed by atoms with E-state index in [-0.39, 0.29) is 12.1 Å². The number of rotatable bonds is 5. The Bertz CT molecular complexity index is 961. The van der Waals surface area contributed by atoms with E-state index < -0.39 is 17.4 Å². The van der Waals surface area contributed by atoms with Crippen molar-refractivity contribution in [3.05, 3.63) is 47.3 Å². The van der Waals surface area contributed by atoms with Crippen LogP contribution >= 0.6 is 11.8 Å². The summed E-state index contributed by atoms with van der Waals surface area (Å²) in [6, 6.07) is 0. The smallest absolute Gasteiger partial charge is 0.373 e. The molecule has 156 valence electrons. The molecule has 1 aromatic heterocycles. The highest BCUT2D eigenvalue weighted by molar-refractivity contribution is 7.99. The highest BCUT2D eigenvalue weighted by Gasteiger charge is 2.57. The van der Waals surface area contributed by atoms with Crippen LogP contribution in [0.4, 0.5) is 19.1 Å². The lowest BCUT2D eigenvalue weighted by Crippen LogP contribution is -2.50. The van der Waals surface area contributed by atoms with Crippen molar-refractivity contribution in [2.45, 2.75) is 43.6 Å². The van der Waals surface area contributed by atoms with Crippen LogP contribution in [0.5, 0.6) is 0 Å². The van der Waals surface area contributed by atoms with Crippen molar-refractivity contribution in [1.82, 2.24) is 9.55 Å². The Kier molecular flexibility index (Phi) is 4.95. The van der Waals surface area contributed by atoms with Gasteiger partial charge in [0.15, 0.2) is 0 Å². The fourth-order valence-electron chi connectivity index (χ4n) is 4.40. The third-order valence-electron chi connectivity index (χ3n) is 5.38. The van der Waals surface area contributed by atoms with E-state index in [9.17, 15) is 13.2 Å². The van der Waals surface area contributed by atoms with Crippen LogP contribution in [-0.2, 0) is 9.47 Å². The van der Waals surface area contributed by atoms with Gasteiger partial charge in [0, 0.05) is 13.7 Å². The van der Waals surface area contributed by atoms with Crippen molar-refractivity contribution in [1.29, 1.82) is 0 Å². The second kappa shape index (κ2) is 7.07. The monoisotopic (exact) mass is 425 g/mol. The Morgan fingerprint density at radius 1 is 1.31 bits per heavy atom. The zero-order valence-electron chi connectivity index (χ0n) is 16.6. The van der Waals surface area contributed by atoms with Crippen molar-refractivity contribution in [2.24, 2.45) is 0 Å². The molecular formula is C20H22F3N3O2S. The van der Waals surface area contributed by atoms with Gasteiger partial charge in [-0.05, 0) is 50.1 Å². The van der Waals surface area contributed by atoms with E-state index in [0.717, 1.165) is 27.9 Å². The number of hydrogen-bond donors (Lipinski definition) is 0. The number of methoxy groups -OCH3 is 1. The molecule has 4 rings (SSSR count). The number of aromatic nitrogens is 2. The second-order valence-electron chi connectivity index (χ2n) is 7.09. The molecule has 2 aliphatic heterocycles. The van der Waals surface area contributed by atoms with Crippen molar-refractivity contribution in [2.75, 3.05) is 24.6 Å². The second-order valence-corrected chi connectivity index (χ2v) is 8.03. The predicted molar refractivity (Wildman–Crippen MR) is 107 cm³/mol. The summed E-state index contributed by atoms with van der Waals surface area (Å²) < 4.78 is 54.8. The quantitative estimate of drug-likeness (QED) is 0.295. The fourth-order valence-corrected chi connectivity index (χ4v) is 5.20. The third kappa shape index (κ3) is 2.90. The lowest BCUT2D eigenvalue weighted by molar-refractivity contribution is -0.0941. The van der Waals surface area contributed by atoms with Gasteiger partial charge >= 0.3 is 6.18 Å². The number of halogens is 3. The summed E-state index contributed by atoms with van der Waals surface area (Å²) >= 11 is 1.41. The number of nitrogens with zero attached hydrogens (tertiary/aromatic N) is 3. The van der Waals surface area contributed by atoms with E-state index in [2.05, 4.69) is 4.98 Å². The summed E-state index contributed by atoms with van der Waals surface area (Å²) in [5, 5.41) is 0.731. The molecule has 9 heteroatoms. The van der Waals surface area contributed by atoms with Crippen molar-refractivity contribution >= 4 is 23.4 Å². The molecule has 0 aromatic carbocycles. The summed E-state index contributed by atoms with van der Waals surface area (Å²) in [6.45, 7) is 6.24. The number of hydrogen-bond acceptors (Lipinski definition) is 5. The van der Waals surface area contributed by atoms with E-state index in [1.807, 2.05) is 31.4 Å². The lowest BCUT2D eigenvalue weighted by Gasteiger charge is -2.42. The van der Waals surface area contributed by atoms with Crippen LogP contribution in [0.3, 0.4) is 0 Å². The summed E-state index contributed by atoms with van der Waals surface area (Å²) in [6.07, 6.45) is 3.00. The summed E-state index contributed by atoms with van der Waals surface area (Å²) in [4.78, 5) is 5.67. The minimum absolute atomic E-state index is 0.243. The van der Waals surface area contributed by atoms with E-state index in [4.69, 9.17) is 9.47 Å². The van der Waals surface area contributed by atoms with Gasteiger partial charge in [-0.1, -0.05) is 17.8 Å². The Labute approximate surface area is 171 Å². The summed E-state index contributed by atoms with van der Waals surface area (Å²) in [5.74, 6) is 0.633. The van der Waals surface area contributed by atoms with Gasteiger partial charge in [-0.15, -0.1) is 0 Å². The summed E-state index contributed by atoms with van der Waals surface area (Å²) in [5.41, 5.74) is 0.623. The largest absolute Gasteiger partial charge is 0.431 e. The zero-order chi connectivity index (χ0) is 21.0. The first-order valence-electron chi connectivity index (χ1n) is 9.25. The average Bonchev–Trinajstić information content (AvgIpc) is 3.16. The van der Waals surface area contributed by atoms with E-state index in [1.54, 1.807) is 19.4 Å². The molecule has 0 bridgehead atoms. The third-order valence-corrected chi connectivity index (χ3v) is 6.25. The van der Waals surface area contributed by atoms with Gasteiger partial charge in [-0.25, -0.2) is 4.98 Å². The number of anilines is 1. The van der Waals surface area contributed by atoms with Crippen LogP contribution in [0.2, 0.25) is 0 Å². The molecule has 3 aliphatic rings. The zero-order valence-corrected chi connectivity index (χ0v) is 17.4. The van der Waals surface area contributed by atoms with Gasteiger partial charge in [0.1, 0.15) is 22.4 Å². The van der Waals surface area contributed by atoms with E-state index in [1.165, 1.54) is 22.7 Å². The molecule has 2 atom stereocenters. The standard InChI is InChI=1S/C20H22F3N3O2S/c1-5-28-11-29-15-10-24-18-25(15)17-13(3)16(27-4)12(2)9-19(17)8-6-7-14(26(18)19)20(21,22)23/h6-10,16H,5,11H2,1-4H3. The highest BCUT2D eigenvalue weighted by atomic mass is 32.2. The molecule has 0 radical (unpaired) electrons. The number of imidazole rings is 1. The minimum Gasteiger partial charge on any atom is -0.373 e. The first kappa shape index (κ1) is 20.3. The molecule has 1 aliphatic carbocycles. The maximum atomic E-state index is 14.0. The average molecular weight is 425 g/mol. The predicted octanol–water partition coefficient (Wildman–Crippen LogP) is 4.75. The highest BCUT2D eigenvalue weighted by Crippen LogP contribution is 2.55. The molecule has 29 heavy (non-hydrogen) atoms. The minimum atomic E-state index is -4.52. The number of allylic oxidation sites excluding steroid dienone is 3. The Balaban J connectivity index is 1.95. The fraction of sp³-hybridized carbons (Fsp3) is 0.450. The summed E-state index contributed by atoms with van der Waals surface area (Å²) in [7, 11) is 1.61. The van der Waals surface area contributed by atoms with Gasteiger partial charge in [0.25, 0.3) is 0 Å². The molecule has 2 unspecified atom stereocenters. The molecule has 0 saturated carbocycles. The van der Waals surface area contributed by atoms with Crippen molar-refractivity contribution in [3.63, 3.8) is 0 Å². The number of alkyl halides is 3. The van der Waals surface area contributed by atoms with Crippen LogP contribution in [0.15, 0.2) is 52.4 Å². The number of ether oxygens (including phenoxy) is 2. The van der Waals surface area contributed by atoms with Gasteiger partial charge in [0.05, 0.1) is 17.8 Å². The number of thioether (sulfide) groups is 1. The first-order chi connectivity index (χ1) is 13.8. The van der Waals surface area contributed by atoms with Crippen LogP contribution in [0.1, 0.15) is 20.8 Å². The molecule has 5 nitrogen and oxygen atoms in total. The van der Waals surface area contributed by atoms with Crippen LogP contribution < -0.4 is 4.90 Å². The lowest BCUT2D eigenvalue weighted by atomic mass is 9.79. The molecule has 0 fully saturated rings. The molecule has 3 heterocycles. The van der Waals surface area contributed by atoms with Gasteiger partial charge < -0.3 is 9.47 Å². The molecule has 1 spiro atoms. The normalized spacial score (nSPS) is 25.6. The number of fused-ring (bicyclic) bond motifs is 3. The van der Waals surface area contributed by atoms with Crippen LogP contribution in [0.25, 0.3) is 5.70 Å². The Hall–Kier alpha value is -1.97. The van der Waals surface area contributed by atoms with Gasteiger partial charge in [0.2, 0.25) is 5.95 Å². The Morgan fingerprint density at radius 2 is 2.07 bits per heavy atom. The molecule has 0 amide bonds. The first-order valence-corrected chi connectivity index (χ1v) is 10.2. The SMILES string of the molecule is CCOCSc1cnc2n1C1=C(C)C(OC)C(C)=CC13C=CC=C(C(F)(F)F)N23. The van der Waals surface area contributed by atoms with Crippen molar-refractivity contribution in [3.8, 4) is 0 Å². The molecule has 1 aromatic rings. The Morgan fingerprint density at radius 3 is 2.72 bits per heavy atom. The van der Waals surface area contributed by atoms with E-state index >= 15 is 0 Å². The van der Waals surface area contributed by atoms with E-state index in [0.29, 0.717) is 12.5 Å². The molecule has 0 N–H and O–H groups in total. The van der Waals surface area contributed by atoms with Gasteiger partial charge in [-0.2, -0.15) is 13.2 Å².